The van der Waals surface area contributed by atoms with Crippen LogP contribution in [0.5, 0.6) is 0 Å². The largest absolute Gasteiger partial charge is 0.469 e. The van der Waals surface area contributed by atoms with Crippen LogP contribution in [0.4, 0.5) is 0 Å². The Labute approximate surface area is 307 Å². The second-order valence-corrected chi connectivity index (χ2v) is 13.2. The van der Waals surface area contributed by atoms with Crippen molar-refractivity contribution in [3.05, 3.63) is 97.2 Å². The molecule has 2 atom stereocenters. The molecule has 0 aliphatic rings. The number of esters is 2. The van der Waals surface area contributed by atoms with Gasteiger partial charge in [0.05, 0.1) is 12.7 Å². The van der Waals surface area contributed by atoms with Gasteiger partial charge in [0.1, 0.15) is 6.61 Å². The highest BCUT2D eigenvalue weighted by Gasteiger charge is 2.22. The fourth-order valence-corrected chi connectivity index (χ4v) is 4.73. The van der Waals surface area contributed by atoms with E-state index in [1.165, 1.54) is 0 Å². The second-order valence-electron chi connectivity index (χ2n) is 12.0. The van der Waals surface area contributed by atoms with Gasteiger partial charge in [-0.2, -0.15) is 0 Å². The van der Waals surface area contributed by atoms with E-state index in [2.05, 4.69) is 72.2 Å². The van der Waals surface area contributed by atoms with Crippen LogP contribution in [-0.4, -0.2) is 52.3 Å². The predicted molar refractivity (Wildman–Crippen MR) is 208 cm³/mol. The lowest BCUT2D eigenvalue weighted by Gasteiger charge is -2.18. The van der Waals surface area contributed by atoms with E-state index in [1.54, 1.807) is 6.08 Å². The highest BCUT2D eigenvalue weighted by atomic mass is 31.2. The number of aliphatic hydroxyl groups excluding tert-OH is 1. The van der Waals surface area contributed by atoms with Crippen molar-refractivity contribution in [3.63, 3.8) is 0 Å². The molecule has 0 heterocycles. The Balaban J connectivity index is 4.15. The third-order valence-electron chi connectivity index (χ3n) is 7.26. The lowest BCUT2D eigenvalue weighted by molar-refractivity contribution is -0.161. The van der Waals surface area contributed by atoms with Gasteiger partial charge in [-0.1, -0.05) is 130 Å². The summed E-state index contributed by atoms with van der Waals surface area (Å²) >= 11 is 0. The van der Waals surface area contributed by atoms with Crippen LogP contribution in [0.1, 0.15) is 123 Å². The van der Waals surface area contributed by atoms with Crippen molar-refractivity contribution in [2.45, 2.75) is 135 Å². The van der Waals surface area contributed by atoms with E-state index < -0.39 is 32.5 Å². The van der Waals surface area contributed by atoms with E-state index >= 15 is 0 Å². The molecule has 0 rings (SSSR count). The van der Waals surface area contributed by atoms with Gasteiger partial charge in [0, 0.05) is 12.8 Å². The Morgan fingerprint density at radius 3 is 1.71 bits per heavy atom. The molecule has 3 N–H and O–H groups in total. The zero-order valence-electron chi connectivity index (χ0n) is 31.1. The van der Waals surface area contributed by atoms with Crippen molar-refractivity contribution in [2.75, 3.05) is 13.2 Å². The summed E-state index contributed by atoms with van der Waals surface area (Å²) in [6, 6.07) is 0. The number of unbranched alkanes of at least 4 members (excludes halogenated alkanes) is 6. The predicted octanol–water partition coefficient (Wildman–Crippen LogP) is 10.0. The fraction of sp³-hybridized carbons (Fsp3) is 0.561. The number of aliphatic hydroxyl groups is 1. The van der Waals surface area contributed by atoms with Crippen molar-refractivity contribution in [1.82, 2.24) is 0 Å². The number of allylic oxidation sites excluding steroid dienone is 15. The second kappa shape index (κ2) is 35.3. The summed E-state index contributed by atoms with van der Waals surface area (Å²) in [4.78, 5) is 42.7. The lowest BCUT2D eigenvalue weighted by Crippen LogP contribution is -2.29. The third-order valence-corrected chi connectivity index (χ3v) is 7.74. The Morgan fingerprint density at radius 2 is 1.12 bits per heavy atom. The van der Waals surface area contributed by atoms with Crippen molar-refractivity contribution in [1.29, 1.82) is 0 Å². The van der Waals surface area contributed by atoms with Gasteiger partial charge in [0.25, 0.3) is 0 Å². The number of phosphoric acid groups is 1. The molecule has 0 fully saturated rings. The van der Waals surface area contributed by atoms with Crippen LogP contribution in [0.3, 0.4) is 0 Å². The van der Waals surface area contributed by atoms with Crippen LogP contribution in [0.2, 0.25) is 0 Å². The van der Waals surface area contributed by atoms with E-state index in [0.29, 0.717) is 25.7 Å². The molecule has 0 aromatic carbocycles. The first-order chi connectivity index (χ1) is 24.7. The molecule has 9 nitrogen and oxygen atoms in total. The Hall–Kier alpha value is -3.07. The highest BCUT2D eigenvalue weighted by molar-refractivity contribution is 7.46. The standard InChI is InChI=1S/C41H65O9P/c1-3-5-6-7-8-9-10-11-12-17-20-23-26-29-32-35-41(44)50-39(37-49-51(45,46)47)36-48-40(43)34-31-28-25-22-19-16-14-13-15-18-21-24-27-30-33-38(42)4-2/h5-6,8-9,11-12,14-16,18,22,24-25,27,30,33,38-39,42H,3-4,7,10,13,17,19-21,23,26,28-29,31-32,34-37H2,1-2H3,(H2,45,46,47)/b6-5-,9-8-,12-11-,16-14-,18-15-,25-22-,27-24-,33-30+/t38-,39+/m0/s1. The topological polar surface area (TPSA) is 140 Å². The zero-order chi connectivity index (χ0) is 37.7. The van der Waals surface area contributed by atoms with E-state index in [0.717, 1.165) is 70.6 Å². The number of rotatable bonds is 32. The SMILES string of the molecule is CC/C=C\C/C=C\C/C=C\CCCCCCCC(=O)O[C@H](COC(=O)CCC/C=C\C/C=C\C/C=C\C/C=C\C=C\[C@@H](O)CC)COP(=O)(O)O. The van der Waals surface area contributed by atoms with Gasteiger partial charge in [0.15, 0.2) is 6.10 Å². The molecule has 0 aromatic rings. The molecule has 288 valence electrons. The van der Waals surface area contributed by atoms with Crippen LogP contribution in [0.25, 0.3) is 0 Å². The summed E-state index contributed by atoms with van der Waals surface area (Å²) in [5, 5.41) is 9.44. The molecule has 0 radical (unpaired) electrons. The minimum Gasteiger partial charge on any atom is -0.462 e. The minimum atomic E-state index is -4.78. The number of carbonyl (C=O) groups is 2. The molecule has 0 saturated heterocycles. The molecule has 10 heteroatoms. The van der Waals surface area contributed by atoms with Crippen LogP contribution in [0.15, 0.2) is 97.2 Å². The Kier molecular flexibility index (Phi) is 33.2. The van der Waals surface area contributed by atoms with Crippen molar-refractivity contribution >= 4 is 19.8 Å². The molecule has 0 unspecified atom stereocenters. The minimum absolute atomic E-state index is 0.165. The van der Waals surface area contributed by atoms with Gasteiger partial charge in [-0.3, -0.25) is 14.1 Å². The first-order valence-corrected chi connectivity index (χ1v) is 20.2. The molecule has 0 saturated carbocycles. The molecule has 0 bridgehead atoms. The summed E-state index contributed by atoms with van der Waals surface area (Å²) in [5.41, 5.74) is 0. The highest BCUT2D eigenvalue weighted by Crippen LogP contribution is 2.35. The third kappa shape index (κ3) is 38.0. The lowest BCUT2D eigenvalue weighted by atomic mass is 10.1. The summed E-state index contributed by atoms with van der Waals surface area (Å²) in [6.07, 6.45) is 45.1. The molecule has 0 aromatic heterocycles. The molecule has 0 aliphatic heterocycles. The first kappa shape index (κ1) is 47.9. The molecule has 0 spiro atoms. The molecule has 0 amide bonds. The quantitative estimate of drug-likeness (QED) is 0.0203. The van der Waals surface area contributed by atoms with Crippen molar-refractivity contribution in [3.8, 4) is 0 Å². The summed E-state index contributed by atoms with van der Waals surface area (Å²) in [7, 11) is -4.78. The van der Waals surface area contributed by atoms with Gasteiger partial charge in [-0.25, -0.2) is 4.57 Å². The summed E-state index contributed by atoms with van der Waals surface area (Å²) in [5.74, 6) is -1.00. The Bertz CT molecular complexity index is 1160. The monoisotopic (exact) mass is 732 g/mol. The zero-order valence-corrected chi connectivity index (χ0v) is 32.0. The average molecular weight is 733 g/mol. The summed E-state index contributed by atoms with van der Waals surface area (Å²) in [6.45, 7) is 3.15. The number of carbonyl (C=O) groups excluding carboxylic acids is 2. The van der Waals surface area contributed by atoms with Gasteiger partial charge in [-0.15, -0.1) is 0 Å². The van der Waals surface area contributed by atoms with E-state index in [1.807, 2.05) is 37.3 Å². The number of hydrogen-bond donors (Lipinski definition) is 3. The first-order valence-electron chi connectivity index (χ1n) is 18.6. The van der Waals surface area contributed by atoms with Crippen LogP contribution in [0, 0.1) is 0 Å². The summed E-state index contributed by atoms with van der Waals surface area (Å²) < 4.78 is 26.2. The fourth-order valence-electron chi connectivity index (χ4n) is 4.37. The number of phosphoric ester groups is 1. The van der Waals surface area contributed by atoms with Crippen LogP contribution >= 0.6 is 7.82 Å². The maximum Gasteiger partial charge on any atom is 0.469 e. The average Bonchev–Trinajstić information content (AvgIpc) is 3.10. The Morgan fingerprint density at radius 1 is 0.608 bits per heavy atom. The van der Waals surface area contributed by atoms with Crippen molar-refractivity contribution in [2.24, 2.45) is 0 Å². The van der Waals surface area contributed by atoms with Crippen LogP contribution < -0.4 is 0 Å². The van der Waals surface area contributed by atoms with E-state index in [4.69, 9.17) is 19.3 Å². The van der Waals surface area contributed by atoms with Gasteiger partial charge in [0.2, 0.25) is 0 Å². The van der Waals surface area contributed by atoms with Gasteiger partial charge < -0.3 is 24.4 Å². The van der Waals surface area contributed by atoms with E-state index in [9.17, 15) is 19.3 Å². The number of hydrogen-bond acceptors (Lipinski definition) is 7. The van der Waals surface area contributed by atoms with Crippen LogP contribution in [-0.2, 0) is 28.2 Å². The maximum absolute atomic E-state index is 12.4. The molecule has 0 aliphatic carbocycles. The molecular weight excluding hydrogens is 667 g/mol. The normalized spacial score (nSPS) is 14.2. The van der Waals surface area contributed by atoms with E-state index in [-0.39, 0.29) is 25.6 Å². The maximum atomic E-state index is 12.4. The van der Waals surface area contributed by atoms with Gasteiger partial charge in [-0.05, 0) is 77.0 Å². The van der Waals surface area contributed by atoms with Crippen molar-refractivity contribution < 1.29 is 43.0 Å². The molecule has 51 heavy (non-hydrogen) atoms. The number of ether oxygens (including phenoxy) is 2. The molecular formula is C41H65O9P. The smallest absolute Gasteiger partial charge is 0.462 e. The van der Waals surface area contributed by atoms with Gasteiger partial charge >= 0.3 is 19.8 Å².